The lowest BCUT2D eigenvalue weighted by Gasteiger charge is -2.30. The van der Waals surface area contributed by atoms with Crippen molar-refractivity contribution < 1.29 is 19.2 Å². The molecule has 0 fully saturated rings. The molecule has 0 aromatic heterocycles. The molecule has 148 valence electrons. The van der Waals surface area contributed by atoms with E-state index in [-0.39, 0.29) is 48.4 Å². The summed E-state index contributed by atoms with van der Waals surface area (Å²) in [5.74, 6) is -1.98. The Morgan fingerprint density at radius 3 is 1.20 bits per heavy atom. The third kappa shape index (κ3) is 2.93. The summed E-state index contributed by atoms with van der Waals surface area (Å²) in [6.07, 6.45) is 0. The number of thiol groups is 2. The highest BCUT2D eigenvalue weighted by molar-refractivity contribution is 7.85. The maximum absolute atomic E-state index is 13.0. The Morgan fingerprint density at radius 2 is 0.933 bits per heavy atom. The number of imide groups is 2. The maximum atomic E-state index is 13.0. The predicted molar refractivity (Wildman–Crippen MR) is 117 cm³/mol. The Kier molecular flexibility index (Phi) is 5.20. The average molecular weight is 438 g/mol. The Hall–Kier alpha value is -3.34. The van der Waals surface area contributed by atoms with E-state index < -0.39 is 23.6 Å². The van der Waals surface area contributed by atoms with Crippen molar-refractivity contribution in [3.05, 3.63) is 56.2 Å². The predicted octanol–water partition coefficient (Wildman–Crippen LogP) is 2.47. The molecule has 2 aromatic rings. The van der Waals surface area contributed by atoms with Gasteiger partial charge in [0, 0.05) is 33.0 Å². The molecule has 0 saturated heterocycles. The zero-order valence-corrected chi connectivity index (χ0v) is 17.2. The lowest BCUT2D eigenvalue weighted by Crippen LogP contribution is -2.44. The van der Waals surface area contributed by atoms with E-state index in [2.05, 4.69) is 45.8 Å². The maximum Gasteiger partial charge on any atom is 0.343 e. The number of nitrogens with zero attached hydrogens (tertiary/aromatic N) is 4. The fraction of sp³-hybridized carbons (Fsp3) is 0.200. The molecule has 0 aliphatic carbocycles. The molecule has 2 aliphatic rings. The molecule has 10 heteroatoms. The third-order valence-electron chi connectivity index (χ3n) is 5.08. The molecule has 2 aliphatic heterocycles. The van der Waals surface area contributed by atoms with Crippen LogP contribution < -0.4 is 0 Å². The average Bonchev–Trinajstić information content (AvgIpc) is 2.75. The number of benzene rings is 2. The van der Waals surface area contributed by atoms with Gasteiger partial charge in [-0.3, -0.25) is 29.0 Å². The van der Waals surface area contributed by atoms with E-state index in [1.54, 1.807) is 0 Å². The van der Waals surface area contributed by atoms with E-state index in [1.165, 1.54) is 24.3 Å². The van der Waals surface area contributed by atoms with Crippen LogP contribution in [0.3, 0.4) is 0 Å². The summed E-state index contributed by atoms with van der Waals surface area (Å²) < 4.78 is 0. The first-order valence-corrected chi connectivity index (χ1v) is 9.84. The van der Waals surface area contributed by atoms with Gasteiger partial charge in [0.05, 0.1) is 0 Å². The zero-order chi connectivity index (χ0) is 21.4. The van der Waals surface area contributed by atoms with Crippen molar-refractivity contribution in [2.75, 3.05) is 26.2 Å². The van der Waals surface area contributed by atoms with Crippen LogP contribution >= 0.6 is 25.3 Å². The topological polar surface area (TPSA) is 83.5 Å². The quantitative estimate of drug-likeness (QED) is 0.437. The molecule has 4 amide bonds. The number of rotatable bonds is 4. The fourth-order valence-electron chi connectivity index (χ4n) is 3.78. The first kappa shape index (κ1) is 20.0. The second-order valence-electron chi connectivity index (χ2n) is 6.56. The number of carbonyl (C=O) groups is 4. The molecular formula is C20H14N4O4S2+2. The Morgan fingerprint density at radius 1 is 0.633 bits per heavy atom. The van der Waals surface area contributed by atoms with Crippen molar-refractivity contribution in [1.29, 1.82) is 0 Å². The third-order valence-corrected chi connectivity index (χ3v) is 5.36. The molecule has 8 nitrogen and oxygen atoms in total. The molecular weight excluding hydrogens is 424 g/mol. The summed E-state index contributed by atoms with van der Waals surface area (Å²) in [7, 11) is 0. The molecule has 4 rings (SSSR count). The van der Waals surface area contributed by atoms with Gasteiger partial charge in [-0.25, -0.2) is 0 Å². The van der Waals surface area contributed by atoms with Gasteiger partial charge in [0.15, 0.2) is 0 Å². The molecule has 30 heavy (non-hydrogen) atoms. The minimum absolute atomic E-state index is 0.0734. The number of thiocyanates is 2. The van der Waals surface area contributed by atoms with Crippen LogP contribution in [0.4, 0.5) is 0 Å². The van der Waals surface area contributed by atoms with E-state index in [0.29, 0.717) is 10.8 Å². The van der Waals surface area contributed by atoms with Crippen LogP contribution in [-0.4, -0.2) is 59.6 Å². The van der Waals surface area contributed by atoms with Crippen LogP contribution in [0.2, 0.25) is 0 Å². The Labute approximate surface area is 181 Å². The van der Waals surface area contributed by atoms with Crippen molar-refractivity contribution in [3.8, 4) is 10.8 Å². The van der Waals surface area contributed by atoms with E-state index in [9.17, 15) is 19.2 Å². The van der Waals surface area contributed by atoms with Crippen LogP contribution in [0.15, 0.2) is 24.3 Å². The standard InChI is InChI=1S/C20H12N4O4S2/c25-17-11-1-2-12-16-14(20(28)24(18(12)26)8-6-22-10-30)4-3-13(15(11)16)19(27)23(17)7-5-21-9-29/h1-4H,5-8H2/p+2. The van der Waals surface area contributed by atoms with Crippen LogP contribution in [0.25, 0.3) is 20.5 Å². The van der Waals surface area contributed by atoms with Crippen LogP contribution in [0.1, 0.15) is 41.4 Å². The first-order valence-electron chi connectivity index (χ1n) is 8.94. The number of hydrogen-bond acceptors (Lipinski definition) is 6. The van der Waals surface area contributed by atoms with Gasteiger partial charge < -0.3 is 0 Å². The van der Waals surface area contributed by atoms with Crippen molar-refractivity contribution in [2.24, 2.45) is 0 Å². The number of hydrogen-bond donors (Lipinski definition) is 2. The minimum Gasteiger partial charge on any atom is -0.269 e. The smallest absolute Gasteiger partial charge is 0.269 e. The number of carbonyl (C=O) groups excluding carboxylic acids is 4. The highest BCUT2D eigenvalue weighted by Gasteiger charge is 2.40. The van der Waals surface area contributed by atoms with Crippen LogP contribution in [0, 0.1) is 10.8 Å². The highest BCUT2D eigenvalue weighted by Crippen LogP contribution is 2.37. The molecule has 0 atom stereocenters. The minimum atomic E-state index is -0.494. The van der Waals surface area contributed by atoms with E-state index in [0.717, 1.165) is 9.80 Å². The molecule has 0 bridgehead atoms. The van der Waals surface area contributed by atoms with Gasteiger partial charge in [0.1, 0.15) is 13.1 Å². The SMILES string of the molecule is O=C1c2ccc3c4c(ccc(c24)C(=O)N1CC[N+]#CS)C(=O)N(CC[N+]#CS)C3=O. The second kappa shape index (κ2) is 7.82. The monoisotopic (exact) mass is 438 g/mol. The van der Waals surface area contributed by atoms with Gasteiger partial charge in [0.2, 0.25) is 0 Å². The summed E-state index contributed by atoms with van der Waals surface area (Å²) in [4.78, 5) is 61.6. The lowest BCUT2D eigenvalue weighted by molar-refractivity contribution is 0.0596. The van der Waals surface area contributed by atoms with Crippen molar-refractivity contribution in [1.82, 2.24) is 9.80 Å². The van der Waals surface area contributed by atoms with E-state index >= 15 is 0 Å². The van der Waals surface area contributed by atoms with Gasteiger partial charge in [-0.2, -0.15) is 0 Å². The molecule has 0 spiro atoms. The van der Waals surface area contributed by atoms with Gasteiger partial charge in [0.25, 0.3) is 36.7 Å². The van der Waals surface area contributed by atoms with Crippen molar-refractivity contribution >= 4 is 59.7 Å². The molecule has 0 N–H and O–H groups in total. The lowest BCUT2D eigenvalue weighted by atomic mass is 9.86. The van der Waals surface area contributed by atoms with Crippen LogP contribution in [-0.2, 0) is 0 Å². The summed E-state index contributed by atoms with van der Waals surface area (Å²) in [5, 5.41) is 5.30. The van der Waals surface area contributed by atoms with Gasteiger partial charge in [-0.05, 0) is 49.5 Å². The van der Waals surface area contributed by atoms with Crippen LogP contribution in [0.5, 0.6) is 0 Å². The van der Waals surface area contributed by atoms with E-state index in [1.807, 2.05) is 0 Å². The molecule has 0 radical (unpaired) electrons. The first-order chi connectivity index (χ1) is 14.5. The number of amides is 4. The Balaban J connectivity index is 1.85. The zero-order valence-electron chi connectivity index (χ0n) is 15.5. The van der Waals surface area contributed by atoms with E-state index in [4.69, 9.17) is 0 Å². The fourth-order valence-corrected chi connectivity index (χ4v) is 3.98. The second-order valence-corrected chi connectivity index (χ2v) is 6.96. The summed E-state index contributed by atoms with van der Waals surface area (Å²) >= 11 is 7.50. The molecule has 0 saturated carbocycles. The summed E-state index contributed by atoms with van der Waals surface area (Å²) in [5.41, 5.74) is 1.08. The molecule has 2 aromatic carbocycles. The Bertz CT molecular complexity index is 1110. The molecule has 0 unspecified atom stereocenters. The van der Waals surface area contributed by atoms with Crippen molar-refractivity contribution in [2.45, 2.75) is 0 Å². The van der Waals surface area contributed by atoms with Gasteiger partial charge in [-0.1, -0.05) is 9.69 Å². The van der Waals surface area contributed by atoms with Crippen molar-refractivity contribution in [3.63, 3.8) is 0 Å². The largest absolute Gasteiger partial charge is 0.343 e. The summed E-state index contributed by atoms with van der Waals surface area (Å²) in [6.45, 7) is 0.495. The normalized spacial score (nSPS) is 14.5. The summed E-state index contributed by atoms with van der Waals surface area (Å²) in [6, 6.07) is 6.08. The highest BCUT2D eigenvalue weighted by atomic mass is 32.1. The molecule has 2 heterocycles. The van der Waals surface area contributed by atoms with Gasteiger partial charge in [-0.15, -0.1) is 0 Å². The van der Waals surface area contributed by atoms with Gasteiger partial charge >= 0.3 is 10.8 Å².